The van der Waals surface area contributed by atoms with E-state index in [1.165, 1.54) is 5.56 Å². The van der Waals surface area contributed by atoms with Crippen LogP contribution in [0.5, 0.6) is 0 Å². The third-order valence-corrected chi connectivity index (χ3v) is 1.48. The van der Waals surface area contributed by atoms with Gasteiger partial charge in [-0.25, -0.2) is 0 Å². The molecule has 0 aliphatic rings. The van der Waals surface area contributed by atoms with Crippen molar-refractivity contribution in [3.05, 3.63) is 42.4 Å². The van der Waals surface area contributed by atoms with E-state index in [1.54, 1.807) is 6.20 Å². The second-order valence-electron chi connectivity index (χ2n) is 2.91. The molecule has 0 radical (unpaired) electrons. The summed E-state index contributed by atoms with van der Waals surface area (Å²) in [7, 11) is 4.03. The molecule has 2 heteroatoms. The lowest BCUT2D eigenvalue weighted by molar-refractivity contribution is 0.562. The Hall–Kier alpha value is -1.31. The molecule has 0 aromatic carbocycles. The second kappa shape index (κ2) is 4.54. The third kappa shape index (κ3) is 3.19. The van der Waals surface area contributed by atoms with Gasteiger partial charge in [0, 0.05) is 26.5 Å². The number of allylic oxidation sites excluding steroid dienone is 1. The van der Waals surface area contributed by atoms with Crippen LogP contribution in [0.3, 0.4) is 0 Å². The number of hydrogen-bond acceptors (Lipinski definition) is 2. The van der Waals surface area contributed by atoms with Crippen molar-refractivity contribution in [2.24, 2.45) is 0 Å². The van der Waals surface area contributed by atoms with Crippen molar-refractivity contribution in [1.82, 2.24) is 9.88 Å². The Labute approximate surface area is 73.5 Å². The number of nitrogens with zero attached hydrogens (tertiary/aromatic N) is 2. The normalized spacial score (nSPS) is 10.5. The van der Waals surface area contributed by atoms with Crippen LogP contribution in [0.25, 0.3) is 0 Å². The zero-order chi connectivity index (χ0) is 8.81. The quantitative estimate of drug-likeness (QED) is 0.672. The largest absolute Gasteiger partial charge is 0.384 e. The third-order valence-electron chi connectivity index (χ3n) is 1.48. The van der Waals surface area contributed by atoms with Crippen molar-refractivity contribution in [2.75, 3.05) is 14.1 Å². The Morgan fingerprint density at radius 2 is 2.33 bits per heavy atom. The average Bonchev–Trinajstić information content (AvgIpc) is 2.05. The van der Waals surface area contributed by atoms with Gasteiger partial charge in [-0.3, -0.25) is 4.98 Å². The Bertz CT molecular complexity index is 239. The second-order valence-corrected chi connectivity index (χ2v) is 2.91. The molecule has 2 nitrogen and oxygen atoms in total. The summed E-state index contributed by atoms with van der Waals surface area (Å²) in [5, 5.41) is 0. The number of hydrogen-bond donors (Lipinski definition) is 0. The van der Waals surface area contributed by atoms with Crippen molar-refractivity contribution in [3.63, 3.8) is 0 Å². The van der Waals surface area contributed by atoms with Gasteiger partial charge in [0.25, 0.3) is 0 Å². The standard InChI is InChI=1S/C10H14N2/c1-12(2)8-4-6-10-5-3-7-11-9-10/h3-5,7-9H,6H2,1-2H3. The maximum absolute atomic E-state index is 4.03. The molecule has 0 N–H and O–H groups in total. The predicted molar refractivity (Wildman–Crippen MR) is 50.8 cm³/mol. The van der Waals surface area contributed by atoms with E-state index in [0.29, 0.717) is 0 Å². The van der Waals surface area contributed by atoms with Gasteiger partial charge in [-0.05, 0) is 24.3 Å². The van der Waals surface area contributed by atoms with E-state index in [4.69, 9.17) is 0 Å². The smallest absolute Gasteiger partial charge is 0.0303 e. The summed E-state index contributed by atoms with van der Waals surface area (Å²) in [5.41, 5.74) is 1.25. The van der Waals surface area contributed by atoms with Crippen LogP contribution in [0, 0.1) is 0 Å². The SMILES string of the molecule is CN(C)C=CCc1cccnc1. The Balaban J connectivity index is 2.43. The van der Waals surface area contributed by atoms with Crippen molar-refractivity contribution >= 4 is 0 Å². The van der Waals surface area contributed by atoms with E-state index in [1.807, 2.05) is 37.5 Å². The lowest BCUT2D eigenvalue weighted by Crippen LogP contribution is -2.00. The van der Waals surface area contributed by atoms with Gasteiger partial charge in [-0.1, -0.05) is 12.1 Å². The highest BCUT2D eigenvalue weighted by atomic mass is 15.0. The van der Waals surface area contributed by atoms with Crippen LogP contribution in [-0.2, 0) is 6.42 Å². The topological polar surface area (TPSA) is 16.1 Å². The number of rotatable bonds is 3. The van der Waals surface area contributed by atoms with E-state index in [0.717, 1.165) is 6.42 Å². The van der Waals surface area contributed by atoms with E-state index in [9.17, 15) is 0 Å². The summed E-state index contributed by atoms with van der Waals surface area (Å²) < 4.78 is 0. The summed E-state index contributed by atoms with van der Waals surface area (Å²) in [4.78, 5) is 6.06. The fourth-order valence-corrected chi connectivity index (χ4v) is 0.918. The zero-order valence-corrected chi connectivity index (χ0v) is 7.57. The fourth-order valence-electron chi connectivity index (χ4n) is 0.918. The van der Waals surface area contributed by atoms with Gasteiger partial charge in [0.15, 0.2) is 0 Å². The van der Waals surface area contributed by atoms with E-state index in [-0.39, 0.29) is 0 Å². The minimum Gasteiger partial charge on any atom is -0.384 e. The maximum Gasteiger partial charge on any atom is 0.0303 e. The van der Waals surface area contributed by atoms with E-state index in [2.05, 4.69) is 17.1 Å². The molecular weight excluding hydrogens is 148 g/mol. The van der Waals surface area contributed by atoms with Crippen LogP contribution in [0.1, 0.15) is 5.56 Å². The highest BCUT2D eigenvalue weighted by molar-refractivity contribution is 5.12. The summed E-state index contributed by atoms with van der Waals surface area (Å²) in [6.07, 6.45) is 8.80. The molecule has 1 rings (SSSR count). The Kier molecular flexibility index (Phi) is 3.33. The van der Waals surface area contributed by atoms with Gasteiger partial charge < -0.3 is 4.90 Å². The number of pyridine rings is 1. The molecule has 0 saturated heterocycles. The van der Waals surface area contributed by atoms with Gasteiger partial charge in [0.2, 0.25) is 0 Å². The molecule has 0 saturated carbocycles. The van der Waals surface area contributed by atoms with Crippen molar-refractivity contribution < 1.29 is 0 Å². The molecule has 0 fully saturated rings. The molecule has 64 valence electrons. The van der Waals surface area contributed by atoms with Crippen molar-refractivity contribution in [1.29, 1.82) is 0 Å². The van der Waals surface area contributed by atoms with Gasteiger partial charge in [-0.2, -0.15) is 0 Å². The average molecular weight is 162 g/mol. The Morgan fingerprint density at radius 1 is 1.50 bits per heavy atom. The number of aromatic nitrogens is 1. The molecule has 0 atom stereocenters. The molecule has 0 aliphatic carbocycles. The molecule has 0 unspecified atom stereocenters. The van der Waals surface area contributed by atoms with Gasteiger partial charge in [0.1, 0.15) is 0 Å². The first-order valence-corrected chi connectivity index (χ1v) is 4.01. The first kappa shape index (κ1) is 8.78. The zero-order valence-electron chi connectivity index (χ0n) is 7.57. The molecule has 0 bridgehead atoms. The highest BCUT2D eigenvalue weighted by Crippen LogP contribution is 1.97. The van der Waals surface area contributed by atoms with Gasteiger partial charge in [0.05, 0.1) is 0 Å². The molecule has 0 spiro atoms. The first-order valence-electron chi connectivity index (χ1n) is 4.01. The van der Waals surface area contributed by atoms with Crippen molar-refractivity contribution in [2.45, 2.75) is 6.42 Å². The lowest BCUT2D eigenvalue weighted by atomic mass is 10.2. The van der Waals surface area contributed by atoms with E-state index < -0.39 is 0 Å². The summed E-state index contributed by atoms with van der Waals surface area (Å²) in [6.45, 7) is 0. The molecule has 0 amide bonds. The van der Waals surface area contributed by atoms with Gasteiger partial charge in [-0.15, -0.1) is 0 Å². The first-order chi connectivity index (χ1) is 5.79. The molecule has 1 aromatic rings. The molecule has 12 heavy (non-hydrogen) atoms. The van der Waals surface area contributed by atoms with Crippen LogP contribution in [0.2, 0.25) is 0 Å². The lowest BCUT2D eigenvalue weighted by Gasteiger charge is -2.02. The molecule has 1 aromatic heterocycles. The minimum atomic E-state index is 0.950. The van der Waals surface area contributed by atoms with E-state index >= 15 is 0 Å². The van der Waals surface area contributed by atoms with Crippen LogP contribution in [0.4, 0.5) is 0 Å². The van der Waals surface area contributed by atoms with Crippen molar-refractivity contribution in [3.8, 4) is 0 Å². The van der Waals surface area contributed by atoms with Crippen LogP contribution >= 0.6 is 0 Å². The summed E-state index contributed by atoms with van der Waals surface area (Å²) in [5.74, 6) is 0. The molecular formula is C10H14N2. The van der Waals surface area contributed by atoms with Crippen LogP contribution < -0.4 is 0 Å². The maximum atomic E-state index is 4.03. The fraction of sp³-hybridized carbons (Fsp3) is 0.300. The highest BCUT2D eigenvalue weighted by Gasteiger charge is 1.86. The van der Waals surface area contributed by atoms with Gasteiger partial charge >= 0.3 is 0 Å². The Morgan fingerprint density at radius 3 is 2.92 bits per heavy atom. The molecule has 1 heterocycles. The monoisotopic (exact) mass is 162 g/mol. The van der Waals surface area contributed by atoms with Crippen LogP contribution in [0.15, 0.2) is 36.8 Å². The summed E-state index contributed by atoms with van der Waals surface area (Å²) >= 11 is 0. The predicted octanol–water partition coefficient (Wildman–Crippen LogP) is 1.70. The summed E-state index contributed by atoms with van der Waals surface area (Å²) in [6, 6.07) is 4.03. The molecule has 0 aliphatic heterocycles. The van der Waals surface area contributed by atoms with Crippen LogP contribution in [-0.4, -0.2) is 24.0 Å². The minimum absolute atomic E-state index is 0.950.